The van der Waals surface area contributed by atoms with Gasteiger partial charge in [-0.15, -0.1) is 0 Å². The Bertz CT molecular complexity index is 327. The highest BCUT2D eigenvalue weighted by Gasteiger charge is 2.58. The highest BCUT2D eigenvalue weighted by Crippen LogP contribution is 2.33. The average Bonchev–Trinajstić information content (AvgIpc) is 2.26. The molecule has 0 bridgehead atoms. The maximum absolute atomic E-state index is 12.2. The molecule has 20 heavy (non-hydrogen) atoms. The molecule has 118 valence electrons. The van der Waals surface area contributed by atoms with Crippen molar-refractivity contribution in [2.24, 2.45) is 5.92 Å². The van der Waals surface area contributed by atoms with Crippen molar-refractivity contribution in [3.05, 3.63) is 0 Å². The lowest BCUT2D eigenvalue weighted by Crippen LogP contribution is -2.55. The van der Waals surface area contributed by atoms with Crippen LogP contribution in [-0.4, -0.2) is 30.6 Å². The smallest absolute Gasteiger partial charge is 0.417 e. The number of carbonyl (C=O) groups is 1. The number of hydrogen-bond acceptors (Lipinski definition) is 2. The molecule has 0 aromatic rings. The Labute approximate surface area is 111 Å². The number of carbonyl (C=O) groups excluding carboxylic acids is 1. The molecule has 0 aliphatic heterocycles. The number of nitrogens with one attached hydrogen (secondary N) is 1. The van der Waals surface area contributed by atoms with E-state index >= 15 is 0 Å². The normalized spacial score (nSPS) is 24.6. The zero-order chi connectivity index (χ0) is 15.6. The number of hydrogen-bond donors (Lipinski definition) is 1. The molecule has 1 N–H and O–H groups in total. The van der Waals surface area contributed by atoms with E-state index in [2.05, 4.69) is 4.74 Å². The standard InChI is InChI=1S/C11H15F6NO2/c1-6-4-2-3-5-7(6)20-9(19)18-8(10(12,13)14)11(15,16)17/h6-8H,2-5H2,1H3,(H,18,19)/t6-,7-/m0/s1. The highest BCUT2D eigenvalue weighted by molar-refractivity contribution is 5.68. The Morgan fingerprint density at radius 2 is 1.60 bits per heavy atom. The Morgan fingerprint density at radius 1 is 1.10 bits per heavy atom. The quantitative estimate of drug-likeness (QED) is 0.788. The van der Waals surface area contributed by atoms with E-state index in [1.807, 2.05) is 0 Å². The van der Waals surface area contributed by atoms with Crippen molar-refractivity contribution in [3.8, 4) is 0 Å². The molecule has 0 aromatic carbocycles. The van der Waals surface area contributed by atoms with Crippen LogP contribution in [0.3, 0.4) is 0 Å². The molecule has 0 spiro atoms. The van der Waals surface area contributed by atoms with E-state index in [-0.39, 0.29) is 5.92 Å². The van der Waals surface area contributed by atoms with Crippen LogP contribution in [0.25, 0.3) is 0 Å². The van der Waals surface area contributed by atoms with E-state index in [9.17, 15) is 31.1 Å². The number of ether oxygens (including phenoxy) is 1. The van der Waals surface area contributed by atoms with Crippen LogP contribution < -0.4 is 5.32 Å². The van der Waals surface area contributed by atoms with Crippen molar-refractivity contribution in [1.82, 2.24) is 5.32 Å². The summed E-state index contributed by atoms with van der Waals surface area (Å²) in [5.41, 5.74) is 0. The molecule has 1 aliphatic rings. The van der Waals surface area contributed by atoms with Crippen molar-refractivity contribution < 1.29 is 35.9 Å². The monoisotopic (exact) mass is 307 g/mol. The maximum Gasteiger partial charge on any atom is 0.417 e. The van der Waals surface area contributed by atoms with Gasteiger partial charge in [0.2, 0.25) is 6.04 Å². The topological polar surface area (TPSA) is 38.3 Å². The minimum Gasteiger partial charge on any atom is -0.446 e. The number of alkyl halides is 6. The second-order valence-corrected chi connectivity index (χ2v) is 4.87. The molecule has 1 aliphatic carbocycles. The molecule has 1 amide bonds. The van der Waals surface area contributed by atoms with Crippen LogP contribution in [0.1, 0.15) is 32.6 Å². The summed E-state index contributed by atoms with van der Waals surface area (Å²) in [6.07, 6.45) is -10.8. The SMILES string of the molecule is C[C@H]1CCCC[C@@H]1OC(=O)NC(C(F)(F)F)C(F)(F)F. The molecule has 0 heterocycles. The van der Waals surface area contributed by atoms with Crippen LogP contribution in [0.2, 0.25) is 0 Å². The summed E-state index contributed by atoms with van der Waals surface area (Å²) < 4.78 is 78.1. The number of alkyl carbamates (subject to hydrolysis) is 1. The molecule has 1 fully saturated rings. The molecule has 0 unspecified atom stereocenters. The van der Waals surface area contributed by atoms with Gasteiger partial charge in [0.1, 0.15) is 6.10 Å². The molecule has 2 atom stereocenters. The van der Waals surface area contributed by atoms with E-state index in [1.54, 1.807) is 6.92 Å². The first-order valence-corrected chi connectivity index (χ1v) is 6.12. The van der Waals surface area contributed by atoms with Crippen LogP contribution >= 0.6 is 0 Å². The summed E-state index contributed by atoms with van der Waals surface area (Å²) in [5.74, 6) is -0.0790. The fourth-order valence-corrected chi connectivity index (χ4v) is 2.10. The first-order chi connectivity index (χ1) is 9.01. The molecule has 1 saturated carbocycles. The minimum atomic E-state index is -5.62. The molecular formula is C11H15F6NO2. The third-order valence-electron chi connectivity index (χ3n) is 3.21. The van der Waals surface area contributed by atoms with Crippen LogP contribution in [-0.2, 0) is 4.74 Å². The third kappa shape index (κ3) is 4.75. The van der Waals surface area contributed by atoms with Gasteiger partial charge < -0.3 is 10.1 Å². The summed E-state index contributed by atoms with van der Waals surface area (Å²) in [6, 6.07) is -3.92. The van der Waals surface area contributed by atoms with Gasteiger partial charge in [0, 0.05) is 0 Å². The molecule has 0 aromatic heterocycles. The second kappa shape index (κ2) is 6.09. The van der Waals surface area contributed by atoms with E-state index in [1.165, 1.54) is 0 Å². The molecule has 1 rings (SSSR count). The average molecular weight is 307 g/mol. The van der Waals surface area contributed by atoms with Crippen molar-refractivity contribution in [2.45, 2.75) is 57.1 Å². The zero-order valence-electron chi connectivity index (χ0n) is 10.6. The van der Waals surface area contributed by atoms with Crippen LogP contribution in [0, 0.1) is 5.92 Å². The zero-order valence-corrected chi connectivity index (χ0v) is 10.6. The summed E-state index contributed by atoms with van der Waals surface area (Å²) in [7, 11) is 0. The van der Waals surface area contributed by atoms with Crippen molar-refractivity contribution in [3.63, 3.8) is 0 Å². The predicted molar refractivity (Wildman–Crippen MR) is 56.9 cm³/mol. The van der Waals surface area contributed by atoms with Crippen LogP contribution in [0.4, 0.5) is 31.1 Å². The first-order valence-electron chi connectivity index (χ1n) is 6.12. The number of amides is 1. The number of halogens is 6. The first kappa shape index (κ1) is 16.9. The van der Waals surface area contributed by atoms with Gasteiger partial charge in [-0.2, -0.15) is 26.3 Å². The Kier molecular flexibility index (Phi) is 5.15. The van der Waals surface area contributed by atoms with E-state index in [0.717, 1.165) is 24.6 Å². The molecule has 3 nitrogen and oxygen atoms in total. The summed E-state index contributed by atoms with van der Waals surface area (Å²) in [6.45, 7) is 1.74. The lowest BCUT2D eigenvalue weighted by molar-refractivity contribution is -0.256. The van der Waals surface area contributed by atoms with Gasteiger partial charge in [0.05, 0.1) is 0 Å². The number of rotatable bonds is 2. The molecule has 9 heteroatoms. The fraction of sp³-hybridized carbons (Fsp3) is 0.909. The largest absolute Gasteiger partial charge is 0.446 e. The minimum absolute atomic E-state index is 0.0790. The Morgan fingerprint density at radius 3 is 2.05 bits per heavy atom. The van der Waals surface area contributed by atoms with E-state index in [0.29, 0.717) is 6.42 Å². The van der Waals surface area contributed by atoms with Crippen molar-refractivity contribution in [1.29, 1.82) is 0 Å². The van der Waals surface area contributed by atoms with Gasteiger partial charge in [0.25, 0.3) is 0 Å². The Balaban J connectivity index is 2.63. The maximum atomic E-state index is 12.2. The highest BCUT2D eigenvalue weighted by atomic mass is 19.4. The molecule has 0 saturated heterocycles. The summed E-state index contributed by atoms with van der Waals surface area (Å²) >= 11 is 0. The fourth-order valence-electron chi connectivity index (χ4n) is 2.10. The molecular weight excluding hydrogens is 292 g/mol. The predicted octanol–water partition coefficient (Wildman–Crippen LogP) is 3.78. The van der Waals surface area contributed by atoms with Gasteiger partial charge in [-0.25, -0.2) is 4.79 Å². The third-order valence-corrected chi connectivity index (χ3v) is 3.21. The van der Waals surface area contributed by atoms with Gasteiger partial charge in [-0.05, 0) is 25.2 Å². The lowest BCUT2D eigenvalue weighted by atomic mass is 9.88. The second-order valence-electron chi connectivity index (χ2n) is 4.87. The van der Waals surface area contributed by atoms with Crippen LogP contribution in [0.15, 0.2) is 0 Å². The van der Waals surface area contributed by atoms with E-state index < -0.39 is 30.6 Å². The van der Waals surface area contributed by atoms with E-state index in [4.69, 9.17) is 0 Å². The Hall–Kier alpha value is -1.15. The van der Waals surface area contributed by atoms with Gasteiger partial charge in [-0.1, -0.05) is 13.3 Å². The lowest BCUT2D eigenvalue weighted by Gasteiger charge is -2.30. The summed E-state index contributed by atoms with van der Waals surface area (Å²) in [4.78, 5) is 11.2. The van der Waals surface area contributed by atoms with Gasteiger partial charge in [0.15, 0.2) is 0 Å². The van der Waals surface area contributed by atoms with Crippen molar-refractivity contribution in [2.75, 3.05) is 0 Å². The summed E-state index contributed by atoms with van der Waals surface area (Å²) in [5, 5.41) is 0.854. The van der Waals surface area contributed by atoms with Crippen molar-refractivity contribution >= 4 is 6.09 Å². The van der Waals surface area contributed by atoms with Gasteiger partial charge in [-0.3, -0.25) is 0 Å². The van der Waals surface area contributed by atoms with Crippen LogP contribution in [0.5, 0.6) is 0 Å². The van der Waals surface area contributed by atoms with Gasteiger partial charge >= 0.3 is 18.4 Å². The molecule has 0 radical (unpaired) electrons.